The maximum absolute atomic E-state index is 13.0. The van der Waals surface area contributed by atoms with Gasteiger partial charge in [-0.25, -0.2) is 0 Å². The van der Waals surface area contributed by atoms with Crippen LogP contribution < -0.4 is 5.32 Å². The Kier molecular flexibility index (Phi) is 4.66. The Hall–Kier alpha value is -2.56. The lowest BCUT2D eigenvalue weighted by Gasteiger charge is -2.31. The molecule has 3 rings (SSSR count). The Labute approximate surface area is 147 Å². The number of carbonyl (C=O) groups excluding carboxylic acids is 1. The number of nitrogens with one attached hydrogen (secondary N) is 1. The predicted molar refractivity (Wildman–Crippen MR) is 93.6 cm³/mol. The van der Waals surface area contributed by atoms with E-state index in [-0.39, 0.29) is 18.1 Å². The maximum Gasteiger partial charge on any atom is 0.311 e. The number of carboxylic acid groups (broad SMARTS) is 1. The van der Waals surface area contributed by atoms with Gasteiger partial charge in [0.15, 0.2) is 0 Å². The van der Waals surface area contributed by atoms with Gasteiger partial charge in [0.25, 0.3) is 5.91 Å². The van der Waals surface area contributed by atoms with Gasteiger partial charge in [-0.05, 0) is 32.3 Å². The van der Waals surface area contributed by atoms with Gasteiger partial charge in [0, 0.05) is 5.56 Å². The van der Waals surface area contributed by atoms with Crippen LogP contribution in [0, 0.1) is 13.8 Å². The lowest BCUT2D eigenvalue weighted by Crippen LogP contribution is -2.44. The van der Waals surface area contributed by atoms with E-state index in [2.05, 4.69) is 17.4 Å². The van der Waals surface area contributed by atoms with Crippen molar-refractivity contribution in [1.29, 1.82) is 0 Å². The Morgan fingerprint density at radius 2 is 1.96 bits per heavy atom. The third kappa shape index (κ3) is 3.45. The van der Waals surface area contributed by atoms with Gasteiger partial charge in [0.1, 0.15) is 12.2 Å². The number of carbonyl (C=O) groups is 2. The summed E-state index contributed by atoms with van der Waals surface area (Å²) in [6, 6.07) is 8.22. The summed E-state index contributed by atoms with van der Waals surface area (Å²) in [6.45, 7) is 3.80. The second-order valence-electron chi connectivity index (χ2n) is 6.90. The van der Waals surface area contributed by atoms with Crippen LogP contribution in [0.25, 0.3) is 0 Å². The number of aliphatic carboxylic acids is 1. The van der Waals surface area contributed by atoms with Crippen LogP contribution in [-0.4, -0.2) is 17.0 Å². The highest BCUT2D eigenvalue weighted by Crippen LogP contribution is 2.39. The van der Waals surface area contributed by atoms with Gasteiger partial charge in [0.05, 0.1) is 17.4 Å². The minimum absolute atomic E-state index is 0.208. The Morgan fingerprint density at radius 3 is 2.60 bits per heavy atom. The van der Waals surface area contributed by atoms with Crippen molar-refractivity contribution in [3.8, 4) is 0 Å². The largest absolute Gasteiger partial charge is 0.481 e. The number of hydrogen-bond acceptors (Lipinski definition) is 3. The molecule has 5 nitrogen and oxygen atoms in total. The number of hydrogen-bond donors (Lipinski definition) is 2. The van der Waals surface area contributed by atoms with Gasteiger partial charge in [-0.1, -0.05) is 42.7 Å². The van der Waals surface area contributed by atoms with Gasteiger partial charge in [0.2, 0.25) is 0 Å². The maximum atomic E-state index is 13.0. The molecule has 2 N–H and O–H groups in total. The molecule has 1 amide bonds. The molecular formula is C20H23NO4. The van der Waals surface area contributed by atoms with Gasteiger partial charge in [-0.3, -0.25) is 9.59 Å². The Bertz CT molecular complexity index is 800. The fourth-order valence-electron chi connectivity index (χ4n) is 3.76. The van der Waals surface area contributed by atoms with Crippen molar-refractivity contribution in [2.45, 2.75) is 51.5 Å². The predicted octanol–water partition coefficient (Wildman–Crippen LogP) is 3.72. The molecule has 1 saturated carbocycles. The van der Waals surface area contributed by atoms with Crippen LogP contribution in [0.3, 0.4) is 0 Å². The zero-order valence-corrected chi connectivity index (χ0v) is 14.6. The molecule has 5 heteroatoms. The quantitative estimate of drug-likeness (QED) is 0.868. The molecule has 0 radical (unpaired) electrons. The third-order valence-corrected chi connectivity index (χ3v) is 4.97. The SMILES string of the molecule is Cc1cccc(C2(NC(=O)c3c(C)coc3CC(=O)O)CCCC2)c1. The summed E-state index contributed by atoms with van der Waals surface area (Å²) in [6.07, 6.45) is 5.02. The number of aryl methyl sites for hydroxylation is 2. The van der Waals surface area contributed by atoms with Crippen molar-refractivity contribution >= 4 is 11.9 Å². The zero-order valence-electron chi connectivity index (χ0n) is 14.6. The minimum atomic E-state index is -1.02. The van der Waals surface area contributed by atoms with Crippen LogP contribution in [0.2, 0.25) is 0 Å². The summed E-state index contributed by atoms with van der Waals surface area (Å²) < 4.78 is 5.31. The lowest BCUT2D eigenvalue weighted by molar-refractivity contribution is -0.136. The molecule has 0 atom stereocenters. The van der Waals surface area contributed by atoms with E-state index >= 15 is 0 Å². The highest BCUT2D eigenvalue weighted by molar-refractivity contribution is 5.98. The molecule has 0 spiro atoms. The zero-order chi connectivity index (χ0) is 18.0. The number of benzene rings is 1. The summed E-state index contributed by atoms with van der Waals surface area (Å²) in [5.74, 6) is -1.07. The topological polar surface area (TPSA) is 79.5 Å². The highest BCUT2D eigenvalue weighted by atomic mass is 16.4. The fraction of sp³-hybridized carbons (Fsp3) is 0.400. The van der Waals surface area contributed by atoms with Crippen LogP contribution in [-0.2, 0) is 16.8 Å². The Morgan fingerprint density at radius 1 is 1.24 bits per heavy atom. The molecule has 132 valence electrons. The standard InChI is InChI=1S/C20H23NO4/c1-13-6-5-7-15(10-13)20(8-3-4-9-20)21-19(24)18-14(2)12-25-16(18)11-17(22)23/h5-7,10,12H,3-4,8-9,11H2,1-2H3,(H,21,24)(H,22,23). The van der Waals surface area contributed by atoms with Crippen LogP contribution >= 0.6 is 0 Å². The van der Waals surface area contributed by atoms with E-state index in [4.69, 9.17) is 9.52 Å². The Balaban J connectivity index is 1.93. The van der Waals surface area contributed by atoms with Gasteiger partial charge in [-0.2, -0.15) is 0 Å². The summed E-state index contributed by atoms with van der Waals surface area (Å²) >= 11 is 0. The lowest BCUT2D eigenvalue weighted by atomic mass is 9.86. The molecule has 1 aromatic heterocycles. The van der Waals surface area contributed by atoms with Crippen molar-refractivity contribution < 1.29 is 19.1 Å². The summed E-state index contributed by atoms with van der Waals surface area (Å²) in [4.78, 5) is 24.0. The van der Waals surface area contributed by atoms with E-state index in [0.717, 1.165) is 36.8 Å². The first kappa shape index (κ1) is 17.3. The molecule has 2 aromatic rings. The smallest absolute Gasteiger partial charge is 0.311 e. The molecule has 1 aromatic carbocycles. The van der Waals surface area contributed by atoms with Crippen LogP contribution in [0.5, 0.6) is 0 Å². The molecular weight excluding hydrogens is 318 g/mol. The van der Waals surface area contributed by atoms with E-state index in [1.54, 1.807) is 6.92 Å². The van der Waals surface area contributed by atoms with Crippen molar-refractivity contribution in [2.75, 3.05) is 0 Å². The molecule has 0 bridgehead atoms. The third-order valence-electron chi connectivity index (χ3n) is 4.97. The van der Waals surface area contributed by atoms with Crippen LogP contribution in [0.15, 0.2) is 34.9 Å². The average Bonchev–Trinajstić information content (AvgIpc) is 3.15. The summed E-state index contributed by atoms with van der Waals surface area (Å²) in [5, 5.41) is 12.2. The molecule has 0 unspecified atom stereocenters. The number of amides is 1. The van der Waals surface area contributed by atoms with Gasteiger partial charge < -0.3 is 14.8 Å². The first-order chi connectivity index (χ1) is 11.9. The molecule has 1 aliphatic rings. The summed E-state index contributed by atoms with van der Waals surface area (Å²) in [5.41, 5.74) is 2.88. The molecule has 0 aliphatic heterocycles. The van der Waals surface area contributed by atoms with Gasteiger partial charge >= 0.3 is 5.97 Å². The summed E-state index contributed by atoms with van der Waals surface area (Å²) in [7, 11) is 0. The minimum Gasteiger partial charge on any atom is -0.481 e. The van der Waals surface area contributed by atoms with Crippen LogP contribution in [0.4, 0.5) is 0 Å². The molecule has 25 heavy (non-hydrogen) atoms. The first-order valence-electron chi connectivity index (χ1n) is 8.60. The van der Waals surface area contributed by atoms with Crippen molar-refractivity contribution in [3.05, 3.63) is 58.5 Å². The number of furan rings is 1. The molecule has 1 fully saturated rings. The van der Waals surface area contributed by atoms with E-state index in [1.807, 2.05) is 19.1 Å². The monoisotopic (exact) mass is 341 g/mol. The van der Waals surface area contributed by atoms with Gasteiger partial charge in [-0.15, -0.1) is 0 Å². The second kappa shape index (κ2) is 6.75. The number of rotatable bonds is 5. The number of carboxylic acids is 1. The van der Waals surface area contributed by atoms with E-state index in [1.165, 1.54) is 6.26 Å². The van der Waals surface area contributed by atoms with Crippen molar-refractivity contribution in [3.63, 3.8) is 0 Å². The molecule has 0 saturated heterocycles. The van der Waals surface area contributed by atoms with E-state index < -0.39 is 11.5 Å². The van der Waals surface area contributed by atoms with Crippen molar-refractivity contribution in [2.24, 2.45) is 0 Å². The molecule has 1 aliphatic carbocycles. The second-order valence-corrected chi connectivity index (χ2v) is 6.90. The first-order valence-corrected chi connectivity index (χ1v) is 8.60. The highest BCUT2D eigenvalue weighted by Gasteiger charge is 2.38. The normalized spacial score (nSPS) is 15.9. The average molecular weight is 341 g/mol. The fourth-order valence-corrected chi connectivity index (χ4v) is 3.76. The van der Waals surface area contributed by atoms with E-state index in [9.17, 15) is 9.59 Å². The molecule has 1 heterocycles. The van der Waals surface area contributed by atoms with E-state index in [0.29, 0.717) is 11.1 Å². The van der Waals surface area contributed by atoms with Crippen molar-refractivity contribution in [1.82, 2.24) is 5.32 Å². The van der Waals surface area contributed by atoms with Crippen LogP contribution in [0.1, 0.15) is 58.5 Å².